The van der Waals surface area contributed by atoms with Crippen LogP contribution >= 0.6 is 11.6 Å². The summed E-state index contributed by atoms with van der Waals surface area (Å²) in [7, 11) is 0. The van der Waals surface area contributed by atoms with Gasteiger partial charge in [-0.1, -0.05) is 28.9 Å². The SMILES string of the molecule is O=C(Oc1ccc(NC(=O)c2ccccc2Cl)cc1)c1cc(C2CC2)on1. The van der Waals surface area contributed by atoms with Gasteiger partial charge in [-0.15, -0.1) is 0 Å². The summed E-state index contributed by atoms with van der Waals surface area (Å²) in [6.45, 7) is 0. The molecule has 0 aliphatic heterocycles. The molecule has 27 heavy (non-hydrogen) atoms. The lowest BCUT2D eigenvalue weighted by Crippen LogP contribution is -2.12. The molecule has 1 fully saturated rings. The molecule has 6 nitrogen and oxygen atoms in total. The maximum atomic E-state index is 12.2. The lowest BCUT2D eigenvalue weighted by Gasteiger charge is -2.07. The topological polar surface area (TPSA) is 81.4 Å². The van der Waals surface area contributed by atoms with Crippen molar-refractivity contribution >= 4 is 29.2 Å². The summed E-state index contributed by atoms with van der Waals surface area (Å²) in [6, 6.07) is 14.8. The smallest absolute Gasteiger partial charge is 0.365 e. The van der Waals surface area contributed by atoms with E-state index in [4.69, 9.17) is 20.9 Å². The minimum Gasteiger partial charge on any atom is -0.422 e. The highest BCUT2D eigenvalue weighted by Gasteiger charge is 2.29. The Morgan fingerprint density at radius 3 is 2.56 bits per heavy atom. The molecule has 0 unspecified atom stereocenters. The second-order valence-corrected chi connectivity index (χ2v) is 6.64. The number of ether oxygens (including phenoxy) is 1. The number of carbonyl (C=O) groups is 2. The van der Waals surface area contributed by atoms with Crippen molar-refractivity contribution in [1.29, 1.82) is 0 Å². The fourth-order valence-electron chi connectivity index (χ4n) is 2.56. The molecule has 1 heterocycles. The van der Waals surface area contributed by atoms with Crippen molar-refractivity contribution in [2.75, 3.05) is 5.32 Å². The number of amides is 1. The number of halogens is 1. The molecule has 2 aromatic carbocycles. The molecule has 0 atom stereocenters. The highest BCUT2D eigenvalue weighted by Crippen LogP contribution is 2.40. The lowest BCUT2D eigenvalue weighted by molar-refractivity contribution is 0.0723. The number of carbonyl (C=O) groups excluding carboxylic acids is 2. The second-order valence-electron chi connectivity index (χ2n) is 6.24. The number of aromatic nitrogens is 1. The molecule has 0 radical (unpaired) electrons. The Morgan fingerprint density at radius 2 is 1.85 bits per heavy atom. The van der Waals surface area contributed by atoms with E-state index in [1.165, 1.54) is 0 Å². The third kappa shape index (κ3) is 4.01. The minimum atomic E-state index is -0.585. The van der Waals surface area contributed by atoms with E-state index >= 15 is 0 Å². The Bertz CT molecular complexity index is 993. The molecule has 4 rings (SSSR count). The minimum absolute atomic E-state index is 0.146. The zero-order valence-electron chi connectivity index (χ0n) is 14.1. The Labute approximate surface area is 160 Å². The molecular formula is C20H15ClN2O4. The van der Waals surface area contributed by atoms with E-state index in [1.807, 2.05) is 0 Å². The first-order chi connectivity index (χ1) is 13.1. The third-order valence-electron chi connectivity index (χ3n) is 4.16. The van der Waals surface area contributed by atoms with E-state index in [0.29, 0.717) is 27.9 Å². The van der Waals surface area contributed by atoms with Gasteiger partial charge in [0.2, 0.25) is 0 Å². The predicted octanol–water partition coefficient (Wildman–Crippen LogP) is 4.68. The summed E-state index contributed by atoms with van der Waals surface area (Å²) in [4.78, 5) is 24.4. The summed E-state index contributed by atoms with van der Waals surface area (Å²) in [5, 5.41) is 6.87. The Hall–Kier alpha value is -3.12. The molecule has 1 aromatic heterocycles. The number of nitrogens with zero attached hydrogens (tertiary/aromatic N) is 1. The zero-order chi connectivity index (χ0) is 18.8. The van der Waals surface area contributed by atoms with E-state index in [-0.39, 0.29) is 11.6 Å². The van der Waals surface area contributed by atoms with Crippen LogP contribution < -0.4 is 10.1 Å². The molecule has 1 aliphatic carbocycles. The number of esters is 1. The Balaban J connectivity index is 1.39. The summed E-state index contributed by atoms with van der Waals surface area (Å²) in [5.41, 5.74) is 1.08. The first kappa shape index (κ1) is 17.3. The predicted molar refractivity (Wildman–Crippen MR) is 99.3 cm³/mol. The van der Waals surface area contributed by atoms with Crippen LogP contribution in [-0.4, -0.2) is 17.0 Å². The van der Waals surface area contributed by atoms with Crippen LogP contribution in [0.2, 0.25) is 5.02 Å². The molecule has 0 spiro atoms. The number of anilines is 1. The molecule has 136 valence electrons. The van der Waals surface area contributed by atoms with Gasteiger partial charge < -0.3 is 14.6 Å². The van der Waals surface area contributed by atoms with Gasteiger partial charge in [0.05, 0.1) is 10.6 Å². The maximum Gasteiger partial charge on any atom is 0.365 e. The van der Waals surface area contributed by atoms with Crippen LogP contribution in [0.25, 0.3) is 0 Å². The van der Waals surface area contributed by atoms with Crippen molar-refractivity contribution in [2.24, 2.45) is 0 Å². The van der Waals surface area contributed by atoms with Crippen LogP contribution in [0.3, 0.4) is 0 Å². The largest absolute Gasteiger partial charge is 0.422 e. The van der Waals surface area contributed by atoms with Crippen LogP contribution in [0.1, 0.15) is 45.4 Å². The third-order valence-corrected chi connectivity index (χ3v) is 4.49. The maximum absolute atomic E-state index is 12.2. The van der Waals surface area contributed by atoms with Crippen LogP contribution in [0.5, 0.6) is 5.75 Å². The van der Waals surface area contributed by atoms with Gasteiger partial charge in [0.15, 0.2) is 5.69 Å². The molecule has 0 saturated heterocycles. The fourth-order valence-corrected chi connectivity index (χ4v) is 2.78. The number of hydrogen-bond donors (Lipinski definition) is 1. The van der Waals surface area contributed by atoms with Crippen molar-refractivity contribution in [1.82, 2.24) is 5.16 Å². The van der Waals surface area contributed by atoms with Gasteiger partial charge in [0.1, 0.15) is 11.5 Å². The monoisotopic (exact) mass is 382 g/mol. The van der Waals surface area contributed by atoms with Crippen LogP contribution in [-0.2, 0) is 0 Å². The first-order valence-electron chi connectivity index (χ1n) is 8.45. The van der Waals surface area contributed by atoms with Crippen molar-refractivity contribution in [3.8, 4) is 5.75 Å². The van der Waals surface area contributed by atoms with Crippen molar-refractivity contribution in [3.05, 3.63) is 76.6 Å². The molecular weight excluding hydrogens is 368 g/mol. The van der Waals surface area contributed by atoms with E-state index in [2.05, 4.69) is 10.5 Å². The average Bonchev–Trinajstić information content (AvgIpc) is 3.40. The molecule has 0 bridgehead atoms. The molecule has 7 heteroatoms. The van der Waals surface area contributed by atoms with Gasteiger partial charge in [-0.2, -0.15) is 0 Å². The number of hydrogen-bond acceptors (Lipinski definition) is 5. The Morgan fingerprint density at radius 1 is 1.11 bits per heavy atom. The van der Waals surface area contributed by atoms with E-state index < -0.39 is 5.97 Å². The molecule has 1 aliphatic rings. The quantitative estimate of drug-likeness (QED) is 0.512. The highest BCUT2D eigenvalue weighted by atomic mass is 35.5. The molecule has 1 N–H and O–H groups in total. The molecule has 3 aromatic rings. The standard InChI is InChI=1S/C20H15ClN2O4/c21-16-4-2-1-3-15(16)19(24)22-13-7-9-14(10-8-13)26-20(25)17-11-18(27-23-17)12-5-6-12/h1-4,7-12H,5-6H2,(H,22,24). The average molecular weight is 383 g/mol. The van der Waals surface area contributed by atoms with E-state index in [9.17, 15) is 9.59 Å². The van der Waals surface area contributed by atoms with Crippen LogP contribution in [0, 0.1) is 0 Å². The van der Waals surface area contributed by atoms with Crippen molar-refractivity contribution < 1.29 is 18.8 Å². The van der Waals surface area contributed by atoms with E-state index in [0.717, 1.165) is 18.6 Å². The highest BCUT2D eigenvalue weighted by molar-refractivity contribution is 6.34. The van der Waals surface area contributed by atoms with Gasteiger partial charge in [0.25, 0.3) is 5.91 Å². The molecule has 1 amide bonds. The fraction of sp³-hybridized carbons (Fsp3) is 0.150. The Kier molecular flexibility index (Phi) is 4.64. The first-order valence-corrected chi connectivity index (χ1v) is 8.82. The van der Waals surface area contributed by atoms with Gasteiger partial charge in [-0.05, 0) is 49.2 Å². The van der Waals surface area contributed by atoms with Gasteiger partial charge in [-0.3, -0.25) is 4.79 Å². The number of nitrogens with one attached hydrogen (secondary N) is 1. The van der Waals surface area contributed by atoms with E-state index in [1.54, 1.807) is 54.6 Å². The molecule has 1 saturated carbocycles. The number of rotatable bonds is 5. The summed E-state index contributed by atoms with van der Waals surface area (Å²) < 4.78 is 10.4. The van der Waals surface area contributed by atoms with Gasteiger partial charge >= 0.3 is 5.97 Å². The van der Waals surface area contributed by atoms with Crippen molar-refractivity contribution in [2.45, 2.75) is 18.8 Å². The lowest BCUT2D eigenvalue weighted by atomic mass is 10.2. The van der Waals surface area contributed by atoms with Gasteiger partial charge in [-0.25, -0.2) is 4.79 Å². The van der Waals surface area contributed by atoms with Crippen LogP contribution in [0.15, 0.2) is 59.1 Å². The van der Waals surface area contributed by atoms with Crippen molar-refractivity contribution in [3.63, 3.8) is 0 Å². The summed E-state index contributed by atoms with van der Waals surface area (Å²) in [5.74, 6) is 0.533. The van der Waals surface area contributed by atoms with Gasteiger partial charge in [0, 0.05) is 17.7 Å². The normalized spacial score (nSPS) is 13.2. The summed E-state index contributed by atoms with van der Waals surface area (Å²) >= 11 is 6.02. The van der Waals surface area contributed by atoms with Crippen LogP contribution in [0.4, 0.5) is 5.69 Å². The summed E-state index contributed by atoms with van der Waals surface area (Å²) in [6.07, 6.45) is 2.12. The number of benzene rings is 2. The second kappa shape index (κ2) is 7.25. The zero-order valence-corrected chi connectivity index (χ0v) is 14.9.